The van der Waals surface area contributed by atoms with E-state index in [0.29, 0.717) is 0 Å². The quantitative estimate of drug-likeness (QED) is 0.585. The largest absolute Gasteiger partial charge is 0.496 e. The van der Waals surface area contributed by atoms with Crippen LogP contribution in [0.4, 0.5) is 0 Å². The van der Waals surface area contributed by atoms with Crippen LogP contribution in [0.5, 0.6) is 5.75 Å². The Morgan fingerprint density at radius 1 is 1.17 bits per heavy atom. The zero-order chi connectivity index (χ0) is 13.5. The van der Waals surface area contributed by atoms with Crippen molar-refractivity contribution in [3.63, 3.8) is 0 Å². The van der Waals surface area contributed by atoms with Gasteiger partial charge in [-0.1, -0.05) is 6.07 Å². The summed E-state index contributed by atoms with van der Waals surface area (Å²) in [6.07, 6.45) is 2.13. The van der Waals surface area contributed by atoms with Gasteiger partial charge in [-0.2, -0.15) is 12.6 Å². The third-order valence-electron chi connectivity index (χ3n) is 3.38. The molecule has 0 unspecified atom stereocenters. The predicted octanol–water partition coefficient (Wildman–Crippen LogP) is 3.07. The summed E-state index contributed by atoms with van der Waals surface area (Å²) in [6, 6.07) is 2.25. The number of thiol groups is 1. The van der Waals surface area contributed by atoms with Crippen LogP contribution in [0.15, 0.2) is 6.07 Å². The van der Waals surface area contributed by atoms with Gasteiger partial charge in [0.25, 0.3) is 0 Å². The number of benzene rings is 1. The summed E-state index contributed by atoms with van der Waals surface area (Å²) in [7, 11) is 1.76. The fourth-order valence-electron chi connectivity index (χ4n) is 2.23. The van der Waals surface area contributed by atoms with E-state index in [1.54, 1.807) is 7.11 Å². The maximum Gasteiger partial charge on any atom is 0.125 e. The minimum Gasteiger partial charge on any atom is -0.496 e. The lowest BCUT2D eigenvalue weighted by Gasteiger charge is -2.16. The second kappa shape index (κ2) is 7.70. The normalized spacial score (nSPS) is 10.7. The maximum atomic E-state index is 5.58. The van der Waals surface area contributed by atoms with Crippen LogP contribution in [-0.2, 0) is 6.42 Å². The van der Waals surface area contributed by atoms with Crippen molar-refractivity contribution in [3.8, 4) is 5.75 Å². The third kappa shape index (κ3) is 3.92. The number of rotatable bonds is 7. The summed E-state index contributed by atoms with van der Waals surface area (Å²) in [6.45, 7) is 8.46. The smallest absolute Gasteiger partial charge is 0.125 e. The summed E-state index contributed by atoms with van der Waals surface area (Å²) in [4.78, 5) is 0. The van der Waals surface area contributed by atoms with Crippen molar-refractivity contribution in [3.05, 3.63) is 28.3 Å². The van der Waals surface area contributed by atoms with Crippen molar-refractivity contribution in [2.45, 2.75) is 33.6 Å². The molecule has 0 amide bonds. The highest BCUT2D eigenvalue weighted by Crippen LogP contribution is 2.29. The lowest BCUT2D eigenvalue weighted by atomic mass is 9.97. The van der Waals surface area contributed by atoms with E-state index in [0.717, 1.165) is 37.4 Å². The molecule has 102 valence electrons. The van der Waals surface area contributed by atoms with Gasteiger partial charge < -0.3 is 10.1 Å². The average molecular weight is 267 g/mol. The Balaban J connectivity index is 2.72. The molecule has 0 aliphatic rings. The van der Waals surface area contributed by atoms with Gasteiger partial charge in [0.1, 0.15) is 5.75 Å². The molecule has 0 aromatic heterocycles. The second-order valence-electron chi connectivity index (χ2n) is 4.72. The molecule has 1 aromatic rings. The van der Waals surface area contributed by atoms with E-state index < -0.39 is 0 Å². The maximum absolute atomic E-state index is 5.58. The first-order valence-corrected chi connectivity index (χ1v) is 7.20. The number of ether oxygens (including phenoxy) is 1. The van der Waals surface area contributed by atoms with Crippen LogP contribution >= 0.6 is 12.6 Å². The fraction of sp³-hybridized carbons (Fsp3) is 0.600. The highest BCUT2D eigenvalue weighted by Gasteiger charge is 2.11. The second-order valence-corrected chi connectivity index (χ2v) is 5.17. The van der Waals surface area contributed by atoms with E-state index in [-0.39, 0.29) is 0 Å². The molecule has 0 radical (unpaired) electrons. The van der Waals surface area contributed by atoms with E-state index >= 15 is 0 Å². The van der Waals surface area contributed by atoms with Gasteiger partial charge in [0.15, 0.2) is 0 Å². The molecule has 1 aromatic carbocycles. The van der Waals surface area contributed by atoms with E-state index in [1.807, 2.05) is 0 Å². The molecule has 0 saturated heterocycles. The van der Waals surface area contributed by atoms with Gasteiger partial charge in [0.2, 0.25) is 0 Å². The summed E-state index contributed by atoms with van der Waals surface area (Å²) >= 11 is 4.21. The van der Waals surface area contributed by atoms with Crippen molar-refractivity contribution in [1.82, 2.24) is 5.32 Å². The Kier molecular flexibility index (Phi) is 6.58. The summed E-state index contributed by atoms with van der Waals surface area (Å²) < 4.78 is 5.58. The number of methoxy groups -OCH3 is 1. The number of nitrogens with one attached hydrogen (secondary N) is 1. The molecule has 0 aliphatic heterocycles. The molecule has 1 N–H and O–H groups in total. The first kappa shape index (κ1) is 15.4. The predicted molar refractivity (Wildman–Crippen MR) is 82.2 cm³/mol. The van der Waals surface area contributed by atoms with Gasteiger partial charge in [0.05, 0.1) is 7.11 Å². The van der Waals surface area contributed by atoms with Crippen LogP contribution in [-0.4, -0.2) is 26.0 Å². The van der Waals surface area contributed by atoms with E-state index in [4.69, 9.17) is 4.74 Å². The molecule has 0 heterocycles. The van der Waals surface area contributed by atoms with Gasteiger partial charge in [0, 0.05) is 0 Å². The molecule has 18 heavy (non-hydrogen) atoms. The van der Waals surface area contributed by atoms with Crippen molar-refractivity contribution >= 4 is 12.6 Å². The number of hydrogen-bond donors (Lipinski definition) is 2. The Morgan fingerprint density at radius 2 is 1.89 bits per heavy atom. The molecule has 0 fully saturated rings. The Hall–Kier alpha value is -0.670. The molecule has 0 spiro atoms. The van der Waals surface area contributed by atoms with Crippen LogP contribution in [0.3, 0.4) is 0 Å². The van der Waals surface area contributed by atoms with Crippen LogP contribution in [0, 0.1) is 20.8 Å². The molecule has 0 bridgehead atoms. The summed E-state index contributed by atoms with van der Waals surface area (Å²) in [5.74, 6) is 2.00. The summed E-state index contributed by atoms with van der Waals surface area (Å²) in [5, 5.41) is 3.44. The summed E-state index contributed by atoms with van der Waals surface area (Å²) in [5.41, 5.74) is 5.22. The Morgan fingerprint density at radius 3 is 2.50 bits per heavy atom. The molecule has 0 saturated carbocycles. The first-order chi connectivity index (χ1) is 8.61. The first-order valence-electron chi connectivity index (χ1n) is 6.57. The zero-order valence-electron chi connectivity index (χ0n) is 12.0. The lowest BCUT2D eigenvalue weighted by Crippen LogP contribution is -2.19. The van der Waals surface area contributed by atoms with E-state index in [1.165, 1.54) is 22.3 Å². The molecular weight excluding hydrogens is 242 g/mol. The molecule has 2 nitrogen and oxygen atoms in total. The van der Waals surface area contributed by atoms with Crippen LogP contribution < -0.4 is 10.1 Å². The van der Waals surface area contributed by atoms with E-state index in [9.17, 15) is 0 Å². The molecule has 0 aliphatic carbocycles. The minimum atomic E-state index is 0.943. The monoisotopic (exact) mass is 267 g/mol. The van der Waals surface area contributed by atoms with Crippen LogP contribution in [0.25, 0.3) is 0 Å². The minimum absolute atomic E-state index is 0.943. The zero-order valence-corrected chi connectivity index (χ0v) is 12.9. The van der Waals surface area contributed by atoms with Crippen molar-refractivity contribution in [2.75, 3.05) is 26.0 Å². The standard InChI is InChI=1S/C15H25NOS/c1-11-10-12(2)14(15(17-4)13(11)3)6-8-16-7-5-9-18/h10,16,18H,5-9H2,1-4H3. The van der Waals surface area contributed by atoms with Crippen molar-refractivity contribution < 1.29 is 4.74 Å². The van der Waals surface area contributed by atoms with Crippen molar-refractivity contribution in [1.29, 1.82) is 0 Å². The molecule has 1 rings (SSSR count). The van der Waals surface area contributed by atoms with Gasteiger partial charge in [-0.25, -0.2) is 0 Å². The van der Waals surface area contributed by atoms with Gasteiger partial charge in [-0.05, 0) is 74.7 Å². The Bertz CT molecular complexity index is 391. The van der Waals surface area contributed by atoms with Crippen LogP contribution in [0.2, 0.25) is 0 Å². The van der Waals surface area contributed by atoms with Gasteiger partial charge in [-0.15, -0.1) is 0 Å². The highest BCUT2D eigenvalue weighted by atomic mass is 32.1. The number of aryl methyl sites for hydroxylation is 2. The number of hydrogen-bond acceptors (Lipinski definition) is 3. The molecule has 3 heteroatoms. The topological polar surface area (TPSA) is 21.3 Å². The fourth-order valence-corrected chi connectivity index (χ4v) is 2.39. The molecular formula is C15H25NOS. The van der Waals surface area contributed by atoms with Crippen molar-refractivity contribution in [2.24, 2.45) is 0 Å². The average Bonchev–Trinajstić information content (AvgIpc) is 2.35. The SMILES string of the molecule is COc1c(C)c(C)cc(C)c1CCNCCCS. The Labute approximate surface area is 117 Å². The van der Waals surface area contributed by atoms with Gasteiger partial charge >= 0.3 is 0 Å². The lowest BCUT2D eigenvalue weighted by molar-refractivity contribution is 0.405. The van der Waals surface area contributed by atoms with Gasteiger partial charge in [-0.3, -0.25) is 0 Å². The molecule has 0 atom stereocenters. The third-order valence-corrected chi connectivity index (χ3v) is 3.70. The van der Waals surface area contributed by atoms with E-state index in [2.05, 4.69) is 44.8 Å². The van der Waals surface area contributed by atoms with Crippen LogP contribution in [0.1, 0.15) is 28.7 Å². The highest BCUT2D eigenvalue weighted by molar-refractivity contribution is 7.80.